The van der Waals surface area contributed by atoms with E-state index < -0.39 is 0 Å². The molecule has 0 aliphatic rings. The van der Waals surface area contributed by atoms with Gasteiger partial charge in [-0.3, -0.25) is 4.79 Å². The number of benzene rings is 2. The Morgan fingerprint density at radius 3 is 2.50 bits per heavy atom. The van der Waals surface area contributed by atoms with E-state index in [-0.39, 0.29) is 11.7 Å². The molecule has 0 saturated carbocycles. The van der Waals surface area contributed by atoms with E-state index in [4.69, 9.17) is 0 Å². The summed E-state index contributed by atoms with van der Waals surface area (Å²) in [5.74, 6) is -0.388. The van der Waals surface area contributed by atoms with Crippen LogP contribution in [0.3, 0.4) is 0 Å². The maximum absolute atomic E-state index is 13.2. The summed E-state index contributed by atoms with van der Waals surface area (Å²) in [5, 5.41) is 0. The Labute approximate surface area is 166 Å². The number of aryl methyl sites for hydroxylation is 1. The van der Waals surface area contributed by atoms with E-state index in [0.717, 1.165) is 25.1 Å². The molecule has 0 saturated heterocycles. The molecule has 146 valence electrons. The number of hydrogen-bond donors (Lipinski definition) is 0. The van der Waals surface area contributed by atoms with Gasteiger partial charge in [0.25, 0.3) is 5.91 Å². The molecule has 0 fully saturated rings. The fraction of sp³-hybridized carbons (Fsp3) is 0.292. The Bertz CT molecular complexity index is 914. The highest BCUT2D eigenvalue weighted by atomic mass is 19.1. The van der Waals surface area contributed by atoms with E-state index in [1.54, 1.807) is 12.1 Å². The number of carbonyl (C=O) groups excluding carboxylic acids is 1. The molecule has 1 heterocycles. The number of carbonyl (C=O) groups is 1. The molecule has 0 bridgehead atoms. The van der Waals surface area contributed by atoms with Crippen LogP contribution in [0.5, 0.6) is 0 Å². The summed E-state index contributed by atoms with van der Waals surface area (Å²) in [6.45, 7) is 6.23. The van der Waals surface area contributed by atoms with Crippen LogP contribution < -0.4 is 0 Å². The van der Waals surface area contributed by atoms with Crippen LogP contribution in [-0.4, -0.2) is 21.9 Å². The van der Waals surface area contributed by atoms with Crippen molar-refractivity contribution in [2.24, 2.45) is 0 Å². The summed E-state index contributed by atoms with van der Waals surface area (Å²) < 4.78 is 15.4. The normalized spacial score (nSPS) is 10.8. The minimum absolute atomic E-state index is 0.0582. The number of halogens is 1. The van der Waals surface area contributed by atoms with Crippen LogP contribution in [0.2, 0.25) is 0 Å². The largest absolute Gasteiger partial charge is 0.345 e. The Morgan fingerprint density at radius 2 is 1.79 bits per heavy atom. The van der Waals surface area contributed by atoms with Gasteiger partial charge in [-0.15, -0.1) is 0 Å². The third-order valence-electron chi connectivity index (χ3n) is 5.04. The average Bonchev–Trinajstić information content (AvgIpc) is 3.13. The van der Waals surface area contributed by atoms with Crippen molar-refractivity contribution >= 4 is 5.91 Å². The molecule has 0 unspecified atom stereocenters. The lowest BCUT2D eigenvalue weighted by Gasteiger charge is -2.24. The van der Waals surface area contributed by atoms with Crippen molar-refractivity contribution in [3.63, 3.8) is 0 Å². The molecule has 0 aliphatic carbocycles. The van der Waals surface area contributed by atoms with Gasteiger partial charge in [0.15, 0.2) is 0 Å². The predicted molar refractivity (Wildman–Crippen MR) is 111 cm³/mol. The first-order valence-electron chi connectivity index (χ1n) is 9.82. The van der Waals surface area contributed by atoms with E-state index in [1.807, 2.05) is 17.0 Å². The van der Waals surface area contributed by atoms with Crippen molar-refractivity contribution in [3.05, 3.63) is 95.1 Å². The maximum atomic E-state index is 13.2. The number of rotatable bonds is 8. The minimum Gasteiger partial charge on any atom is -0.345 e. The highest BCUT2D eigenvalue weighted by Gasteiger charge is 2.17. The summed E-state index contributed by atoms with van der Waals surface area (Å²) in [5.41, 5.74) is 4.14. The first-order valence-corrected chi connectivity index (χ1v) is 9.82. The van der Waals surface area contributed by atoms with Gasteiger partial charge in [-0.25, -0.2) is 4.39 Å². The van der Waals surface area contributed by atoms with Gasteiger partial charge in [-0.2, -0.15) is 0 Å². The Morgan fingerprint density at radius 1 is 1.04 bits per heavy atom. The van der Waals surface area contributed by atoms with Crippen molar-refractivity contribution in [1.29, 1.82) is 0 Å². The van der Waals surface area contributed by atoms with Crippen LogP contribution in [0.1, 0.15) is 46.9 Å². The van der Waals surface area contributed by atoms with E-state index in [2.05, 4.69) is 48.9 Å². The molecule has 0 spiro atoms. The second-order valence-electron chi connectivity index (χ2n) is 7.14. The van der Waals surface area contributed by atoms with E-state index in [1.165, 1.54) is 23.3 Å². The first kappa shape index (κ1) is 19.9. The van der Waals surface area contributed by atoms with Gasteiger partial charge in [-0.1, -0.05) is 37.6 Å². The number of nitrogens with zero attached hydrogens (tertiary/aromatic N) is 2. The molecule has 2 aromatic carbocycles. The molecule has 4 heteroatoms. The van der Waals surface area contributed by atoms with Crippen molar-refractivity contribution in [1.82, 2.24) is 9.47 Å². The van der Waals surface area contributed by atoms with E-state index >= 15 is 0 Å². The quantitative estimate of drug-likeness (QED) is 0.513. The second kappa shape index (κ2) is 9.36. The molecule has 28 heavy (non-hydrogen) atoms. The van der Waals surface area contributed by atoms with Crippen molar-refractivity contribution in [2.75, 3.05) is 6.54 Å². The molecule has 0 aliphatic heterocycles. The van der Waals surface area contributed by atoms with Gasteiger partial charge >= 0.3 is 0 Å². The summed E-state index contributed by atoms with van der Waals surface area (Å²) in [7, 11) is 0. The SMILES string of the molecule is CCCCN(Cc1cccn1Cc1ccccc1C)C(=O)c1ccc(F)cc1. The third-order valence-corrected chi connectivity index (χ3v) is 5.04. The Hall–Kier alpha value is -2.88. The lowest BCUT2D eigenvalue weighted by molar-refractivity contribution is 0.0737. The second-order valence-corrected chi connectivity index (χ2v) is 7.14. The molecule has 0 N–H and O–H groups in total. The lowest BCUT2D eigenvalue weighted by Crippen LogP contribution is -2.32. The van der Waals surface area contributed by atoms with Gasteiger partial charge in [-0.05, 0) is 60.9 Å². The number of amides is 1. The molecule has 0 atom stereocenters. The van der Waals surface area contributed by atoms with Crippen LogP contribution >= 0.6 is 0 Å². The molecular weight excluding hydrogens is 351 g/mol. The minimum atomic E-state index is -0.330. The molecule has 1 amide bonds. The standard InChI is InChI=1S/C24H27FN2O/c1-3-4-15-27(24(28)20-11-13-22(25)14-12-20)18-23-10-7-16-26(23)17-21-9-6-5-8-19(21)2/h5-14,16H,3-4,15,17-18H2,1-2H3. The Kier molecular flexibility index (Phi) is 6.64. The molecule has 0 radical (unpaired) electrons. The highest BCUT2D eigenvalue weighted by Crippen LogP contribution is 2.16. The molecule has 3 rings (SSSR count). The highest BCUT2D eigenvalue weighted by molar-refractivity contribution is 5.94. The van der Waals surface area contributed by atoms with Crippen LogP contribution in [0.25, 0.3) is 0 Å². The fourth-order valence-corrected chi connectivity index (χ4v) is 3.29. The van der Waals surface area contributed by atoms with Gasteiger partial charge in [0.1, 0.15) is 5.82 Å². The lowest BCUT2D eigenvalue weighted by atomic mass is 10.1. The zero-order chi connectivity index (χ0) is 19.9. The van der Waals surface area contributed by atoms with Gasteiger partial charge in [0.05, 0.1) is 6.54 Å². The van der Waals surface area contributed by atoms with Crippen molar-refractivity contribution in [3.8, 4) is 0 Å². The topological polar surface area (TPSA) is 25.2 Å². The van der Waals surface area contributed by atoms with Crippen molar-refractivity contribution < 1.29 is 9.18 Å². The molecule has 1 aromatic heterocycles. The predicted octanol–water partition coefficient (Wildman–Crippen LogP) is 5.43. The smallest absolute Gasteiger partial charge is 0.254 e. The molecular formula is C24H27FN2O. The fourth-order valence-electron chi connectivity index (χ4n) is 3.29. The van der Waals surface area contributed by atoms with Gasteiger partial charge in [0, 0.05) is 30.5 Å². The van der Waals surface area contributed by atoms with Crippen LogP contribution in [0.4, 0.5) is 4.39 Å². The third kappa shape index (κ3) is 4.89. The number of unbranched alkanes of at least 4 members (excludes halogenated alkanes) is 1. The Balaban J connectivity index is 1.80. The summed E-state index contributed by atoms with van der Waals surface area (Å²) in [6, 6.07) is 18.2. The van der Waals surface area contributed by atoms with E-state index in [0.29, 0.717) is 18.7 Å². The van der Waals surface area contributed by atoms with Crippen LogP contribution in [0, 0.1) is 12.7 Å². The monoisotopic (exact) mass is 378 g/mol. The zero-order valence-electron chi connectivity index (χ0n) is 16.6. The summed E-state index contributed by atoms with van der Waals surface area (Å²) >= 11 is 0. The van der Waals surface area contributed by atoms with Gasteiger partial charge in [0.2, 0.25) is 0 Å². The molecule has 3 nitrogen and oxygen atoms in total. The van der Waals surface area contributed by atoms with Gasteiger partial charge < -0.3 is 9.47 Å². The van der Waals surface area contributed by atoms with Crippen LogP contribution in [0.15, 0.2) is 66.9 Å². The number of hydrogen-bond acceptors (Lipinski definition) is 1. The van der Waals surface area contributed by atoms with Crippen molar-refractivity contribution in [2.45, 2.75) is 39.8 Å². The van der Waals surface area contributed by atoms with Crippen LogP contribution in [-0.2, 0) is 13.1 Å². The first-order chi connectivity index (χ1) is 13.6. The molecule has 3 aromatic rings. The average molecular weight is 378 g/mol. The maximum Gasteiger partial charge on any atom is 0.254 e. The number of aromatic nitrogens is 1. The van der Waals surface area contributed by atoms with E-state index in [9.17, 15) is 9.18 Å². The summed E-state index contributed by atoms with van der Waals surface area (Å²) in [4.78, 5) is 14.9. The zero-order valence-corrected chi connectivity index (χ0v) is 16.6. The summed E-state index contributed by atoms with van der Waals surface area (Å²) in [6.07, 6.45) is 4.00.